The molecule has 0 radical (unpaired) electrons. The molecule has 0 spiro atoms. The Kier molecular flexibility index (Phi) is 2.67. The average molecular weight is 227 g/mol. The van der Waals surface area contributed by atoms with Crippen molar-refractivity contribution in [2.24, 2.45) is 0 Å². The third kappa shape index (κ3) is 1.85. The number of ether oxygens (including phenoxy) is 2. The van der Waals surface area contributed by atoms with Crippen molar-refractivity contribution in [2.45, 2.75) is 19.1 Å². The van der Waals surface area contributed by atoms with E-state index in [-0.39, 0.29) is 6.79 Å². The molecule has 0 fully saturated rings. The molecule has 0 bridgehead atoms. The summed E-state index contributed by atoms with van der Waals surface area (Å²) in [6, 6.07) is 3.54. The fourth-order valence-electron chi connectivity index (χ4n) is 1.60. The van der Waals surface area contributed by atoms with E-state index in [1.54, 1.807) is 19.1 Å². The van der Waals surface area contributed by atoms with Crippen LogP contribution in [0.25, 0.3) is 0 Å². The van der Waals surface area contributed by atoms with E-state index in [4.69, 9.17) is 9.47 Å². The standard InChI is InChI=1S/C10H12O4S/c1-6-3-9-10(14-5-13-9)4-8(6)7(2)15(11)12/h3-4,7H,5H2,1-2H3,(H,11,12)/p-1. The molecular formula is C10H11O4S-. The van der Waals surface area contributed by atoms with Crippen LogP contribution in [0.3, 0.4) is 0 Å². The third-order valence-electron chi connectivity index (χ3n) is 2.49. The quantitative estimate of drug-likeness (QED) is 0.721. The summed E-state index contributed by atoms with van der Waals surface area (Å²) < 4.78 is 32.2. The van der Waals surface area contributed by atoms with Gasteiger partial charge in [-0.3, -0.25) is 4.21 Å². The van der Waals surface area contributed by atoms with E-state index in [0.29, 0.717) is 11.5 Å². The summed E-state index contributed by atoms with van der Waals surface area (Å²) in [7, 11) is 0. The lowest BCUT2D eigenvalue weighted by Gasteiger charge is -2.17. The highest BCUT2D eigenvalue weighted by Crippen LogP contribution is 2.37. The maximum absolute atomic E-state index is 10.9. The van der Waals surface area contributed by atoms with Crippen molar-refractivity contribution < 1.29 is 18.2 Å². The molecule has 0 saturated heterocycles. The van der Waals surface area contributed by atoms with Crippen molar-refractivity contribution in [1.82, 2.24) is 0 Å². The number of hydrogen-bond acceptors (Lipinski definition) is 4. The van der Waals surface area contributed by atoms with Crippen molar-refractivity contribution >= 4 is 11.1 Å². The van der Waals surface area contributed by atoms with Gasteiger partial charge in [0.1, 0.15) is 0 Å². The van der Waals surface area contributed by atoms with Gasteiger partial charge in [-0.1, -0.05) is 0 Å². The summed E-state index contributed by atoms with van der Waals surface area (Å²) >= 11 is -2.11. The van der Waals surface area contributed by atoms with E-state index in [1.807, 2.05) is 6.92 Å². The van der Waals surface area contributed by atoms with Crippen molar-refractivity contribution in [2.75, 3.05) is 6.79 Å². The predicted octanol–water partition coefficient (Wildman–Crippen LogP) is 1.66. The number of hydrogen-bond donors (Lipinski definition) is 0. The summed E-state index contributed by atoms with van der Waals surface area (Å²) in [5.41, 5.74) is 1.66. The Morgan fingerprint density at radius 2 is 2.00 bits per heavy atom. The zero-order chi connectivity index (χ0) is 11.0. The summed E-state index contributed by atoms with van der Waals surface area (Å²) in [5, 5.41) is -0.528. The second-order valence-corrected chi connectivity index (χ2v) is 4.69. The normalized spacial score (nSPS) is 17.5. The molecule has 0 amide bonds. The van der Waals surface area contributed by atoms with Crippen molar-refractivity contribution in [3.63, 3.8) is 0 Å². The van der Waals surface area contributed by atoms with Gasteiger partial charge < -0.3 is 14.0 Å². The van der Waals surface area contributed by atoms with Crippen LogP contribution in [-0.4, -0.2) is 15.6 Å². The Labute approximate surface area is 90.5 Å². The molecule has 1 heterocycles. The first-order valence-corrected chi connectivity index (χ1v) is 5.71. The van der Waals surface area contributed by atoms with Gasteiger partial charge >= 0.3 is 0 Å². The van der Waals surface area contributed by atoms with E-state index in [9.17, 15) is 8.76 Å². The molecule has 1 aliphatic rings. The third-order valence-corrected chi connectivity index (χ3v) is 3.32. The SMILES string of the molecule is Cc1cc2c(cc1C(C)S(=O)[O-])OCO2. The Morgan fingerprint density at radius 3 is 2.60 bits per heavy atom. The van der Waals surface area contributed by atoms with Gasteiger partial charge in [0.05, 0.1) is 0 Å². The fraction of sp³-hybridized carbons (Fsp3) is 0.400. The second-order valence-electron chi connectivity index (χ2n) is 3.46. The molecule has 4 nitrogen and oxygen atoms in total. The molecule has 2 rings (SSSR count). The zero-order valence-electron chi connectivity index (χ0n) is 8.48. The summed E-state index contributed by atoms with van der Waals surface area (Å²) in [4.78, 5) is 0. The van der Waals surface area contributed by atoms with E-state index in [1.165, 1.54) is 0 Å². The van der Waals surface area contributed by atoms with Crippen molar-refractivity contribution in [1.29, 1.82) is 0 Å². The lowest BCUT2D eigenvalue weighted by atomic mass is 10.1. The van der Waals surface area contributed by atoms with Gasteiger partial charge in [0.25, 0.3) is 0 Å². The number of aryl methyl sites for hydroxylation is 1. The Balaban J connectivity index is 2.44. The lowest BCUT2D eigenvalue weighted by molar-refractivity contribution is 0.174. The van der Waals surface area contributed by atoms with Crippen LogP contribution >= 0.6 is 0 Å². The van der Waals surface area contributed by atoms with Crippen LogP contribution in [0.4, 0.5) is 0 Å². The first kappa shape index (κ1) is 10.4. The minimum atomic E-state index is -2.11. The zero-order valence-corrected chi connectivity index (χ0v) is 9.30. The highest BCUT2D eigenvalue weighted by molar-refractivity contribution is 7.79. The average Bonchev–Trinajstić information content (AvgIpc) is 2.62. The molecule has 0 aliphatic carbocycles. The van der Waals surface area contributed by atoms with Gasteiger partial charge in [-0.15, -0.1) is 0 Å². The predicted molar refractivity (Wildman–Crippen MR) is 54.6 cm³/mol. The van der Waals surface area contributed by atoms with Crippen LogP contribution in [0, 0.1) is 6.92 Å². The minimum absolute atomic E-state index is 0.201. The summed E-state index contributed by atoms with van der Waals surface area (Å²) in [5.74, 6) is 1.30. The smallest absolute Gasteiger partial charge is 0.231 e. The minimum Gasteiger partial charge on any atom is -0.772 e. The molecule has 5 heteroatoms. The maximum Gasteiger partial charge on any atom is 0.231 e. The lowest BCUT2D eigenvalue weighted by Crippen LogP contribution is -2.03. The van der Waals surface area contributed by atoms with E-state index in [2.05, 4.69) is 0 Å². The van der Waals surface area contributed by atoms with Gasteiger partial charge in [-0.25, -0.2) is 0 Å². The summed E-state index contributed by atoms with van der Waals surface area (Å²) in [6.45, 7) is 3.71. The van der Waals surface area contributed by atoms with Gasteiger partial charge in [0.15, 0.2) is 11.5 Å². The first-order chi connectivity index (χ1) is 7.09. The molecule has 1 aromatic rings. The van der Waals surface area contributed by atoms with Gasteiger partial charge in [0, 0.05) is 5.25 Å². The van der Waals surface area contributed by atoms with Crippen LogP contribution < -0.4 is 9.47 Å². The largest absolute Gasteiger partial charge is 0.772 e. The monoisotopic (exact) mass is 227 g/mol. The van der Waals surface area contributed by atoms with Crippen LogP contribution in [0.1, 0.15) is 23.3 Å². The molecule has 1 aromatic carbocycles. The highest BCUT2D eigenvalue weighted by Gasteiger charge is 2.18. The Hall–Kier alpha value is -1.07. The van der Waals surface area contributed by atoms with Crippen LogP contribution in [0.15, 0.2) is 12.1 Å². The van der Waals surface area contributed by atoms with E-state index in [0.717, 1.165) is 11.1 Å². The van der Waals surface area contributed by atoms with E-state index < -0.39 is 16.3 Å². The number of rotatable bonds is 2. The fourth-order valence-corrected chi connectivity index (χ4v) is 2.06. The van der Waals surface area contributed by atoms with Crippen LogP contribution in [0.5, 0.6) is 11.5 Å². The molecule has 15 heavy (non-hydrogen) atoms. The highest BCUT2D eigenvalue weighted by atomic mass is 32.2. The Bertz CT molecular complexity index is 416. The molecule has 0 saturated carbocycles. The molecule has 0 N–H and O–H groups in total. The van der Waals surface area contributed by atoms with Crippen molar-refractivity contribution in [3.05, 3.63) is 23.3 Å². The molecule has 2 unspecified atom stereocenters. The van der Waals surface area contributed by atoms with Gasteiger partial charge in [-0.2, -0.15) is 0 Å². The molecule has 82 valence electrons. The first-order valence-electron chi connectivity index (χ1n) is 4.58. The number of benzene rings is 1. The molecule has 1 aliphatic heterocycles. The second kappa shape index (κ2) is 3.83. The molecule has 2 atom stereocenters. The topological polar surface area (TPSA) is 58.6 Å². The van der Waals surface area contributed by atoms with Gasteiger partial charge in [0.2, 0.25) is 6.79 Å². The van der Waals surface area contributed by atoms with E-state index >= 15 is 0 Å². The summed E-state index contributed by atoms with van der Waals surface area (Å²) in [6.07, 6.45) is 0. The maximum atomic E-state index is 10.9. The molecular weight excluding hydrogens is 216 g/mol. The molecule has 0 aromatic heterocycles. The van der Waals surface area contributed by atoms with Crippen molar-refractivity contribution in [3.8, 4) is 11.5 Å². The Morgan fingerprint density at radius 1 is 1.40 bits per heavy atom. The van der Waals surface area contributed by atoms with Crippen LogP contribution in [0.2, 0.25) is 0 Å². The number of fused-ring (bicyclic) bond motifs is 1. The van der Waals surface area contributed by atoms with Crippen LogP contribution in [-0.2, 0) is 11.1 Å². The van der Waals surface area contributed by atoms with Gasteiger partial charge in [-0.05, 0) is 48.2 Å².